The predicted molar refractivity (Wildman–Crippen MR) is 151 cm³/mol. The lowest BCUT2D eigenvalue weighted by molar-refractivity contribution is 0.0358. The van der Waals surface area contributed by atoms with E-state index in [1.807, 2.05) is 42.5 Å². The number of hydrogen-bond acceptors (Lipinski definition) is 6. The van der Waals surface area contributed by atoms with Crippen molar-refractivity contribution in [2.45, 2.75) is 18.9 Å². The molecule has 9 heteroatoms. The van der Waals surface area contributed by atoms with Crippen molar-refractivity contribution in [2.75, 3.05) is 51.7 Å². The number of nitrogens with one attached hydrogen (secondary N) is 1. The maximum atomic E-state index is 13.4. The van der Waals surface area contributed by atoms with Crippen molar-refractivity contribution in [3.05, 3.63) is 89.4 Å². The van der Waals surface area contributed by atoms with Gasteiger partial charge in [0.05, 0.1) is 19.8 Å². The Morgan fingerprint density at radius 1 is 1.00 bits per heavy atom. The zero-order valence-electron chi connectivity index (χ0n) is 22.3. The molecule has 1 fully saturated rings. The molecule has 1 unspecified atom stereocenters. The van der Waals surface area contributed by atoms with E-state index in [1.54, 1.807) is 4.90 Å². The molecule has 2 aliphatic rings. The molecular formula is C31H33FN4O4. The third kappa shape index (κ3) is 5.61. The van der Waals surface area contributed by atoms with Gasteiger partial charge < -0.3 is 24.9 Å². The second-order valence-electron chi connectivity index (χ2n) is 10.2. The van der Waals surface area contributed by atoms with Crippen LogP contribution in [-0.2, 0) is 11.2 Å². The molecule has 8 nitrogen and oxygen atoms in total. The molecule has 0 bridgehead atoms. The molecule has 4 aromatic rings. The number of fused-ring (bicyclic) bond motifs is 3. The topological polar surface area (TPSA) is 93.1 Å². The van der Waals surface area contributed by atoms with Gasteiger partial charge in [-0.3, -0.25) is 9.80 Å². The van der Waals surface area contributed by atoms with Gasteiger partial charge >= 0.3 is 6.09 Å². The van der Waals surface area contributed by atoms with Crippen LogP contribution in [0.25, 0.3) is 10.9 Å². The lowest BCUT2D eigenvalue weighted by Crippen LogP contribution is -2.42. The number of nitrogens with two attached hydrogens (primary N) is 1. The highest BCUT2D eigenvalue weighted by Crippen LogP contribution is 2.39. The Hall–Kier alpha value is -4.08. The third-order valence-electron chi connectivity index (χ3n) is 7.59. The Labute approximate surface area is 232 Å². The van der Waals surface area contributed by atoms with Crippen molar-refractivity contribution in [2.24, 2.45) is 0 Å². The summed E-state index contributed by atoms with van der Waals surface area (Å²) >= 11 is 0. The van der Waals surface area contributed by atoms with Gasteiger partial charge in [0, 0.05) is 48.5 Å². The van der Waals surface area contributed by atoms with Gasteiger partial charge in [-0.2, -0.15) is 0 Å². The van der Waals surface area contributed by atoms with E-state index in [0.717, 1.165) is 72.7 Å². The summed E-state index contributed by atoms with van der Waals surface area (Å²) in [6.07, 6.45) is 1.09. The number of H-pyrrole nitrogens is 1. The van der Waals surface area contributed by atoms with Crippen molar-refractivity contribution < 1.29 is 23.4 Å². The molecule has 6 rings (SSSR count). The number of morpholine rings is 1. The van der Waals surface area contributed by atoms with Crippen LogP contribution in [0.3, 0.4) is 0 Å². The minimum atomic E-state index is -0.496. The van der Waals surface area contributed by atoms with Crippen LogP contribution in [0.1, 0.15) is 29.3 Å². The summed E-state index contributed by atoms with van der Waals surface area (Å²) in [6.45, 7) is 5.61. The second kappa shape index (κ2) is 11.6. The normalized spacial score (nSPS) is 17.5. The van der Waals surface area contributed by atoms with E-state index in [0.29, 0.717) is 31.0 Å². The van der Waals surface area contributed by atoms with Crippen LogP contribution in [0.5, 0.6) is 11.5 Å². The number of anilines is 1. The average molecular weight is 545 g/mol. The number of aromatic amines is 1. The van der Waals surface area contributed by atoms with Gasteiger partial charge in [0.15, 0.2) is 0 Å². The SMILES string of the molecule is Nc1ccc2[nH]c3c(c2c1)CCN(C(=O)Oc1ccc(F)cc1)C3c1ccc(OCCCN2CCOCC2)cc1. The summed E-state index contributed by atoms with van der Waals surface area (Å²) in [5.74, 6) is 0.689. The van der Waals surface area contributed by atoms with Crippen LogP contribution in [0, 0.1) is 5.82 Å². The van der Waals surface area contributed by atoms with Gasteiger partial charge in [0.25, 0.3) is 0 Å². The zero-order chi connectivity index (χ0) is 27.5. The van der Waals surface area contributed by atoms with Crippen LogP contribution in [-0.4, -0.2) is 66.9 Å². The fourth-order valence-corrected chi connectivity index (χ4v) is 5.56. The maximum Gasteiger partial charge on any atom is 0.416 e. The molecule has 40 heavy (non-hydrogen) atoms. The van der Waals surface area contributed by atoms with Gasteiger partial charge in [0.1, 0.15) is 23.4 Å². The smallest absolute Gasteiger partial charge is 0.416 e. The van der Waals surface area contributed by atoms with Gasteiger partial charge in [0.2, 0.25) is 0 Å². The standard InChI is InChI=1S/C31H33FN4O4/c32-22-4-9-25(10-5-22)40-31(37)36-14-12-26-27-20-23(33)6-11-28(27)34-29(26)30(36)21-2-7-24(8-3-21)39-17-1-13-35-15-18-38-19-16-35/h2-11,20,30,34H,1,12-19,33H2. The molecule has 1 aromatic heterocycles. The minimum absolute atomic E-state index is 0.293. The highest BCUT2D eigenvalue weighted by atomic mass is 19.1. The average Bonchev–Trinajstić information content (AvgIpc) is 3.35. The van der Waals surface area contributed by atoms with E-state index in [1.165, 1.54) is 24.3 Å². The van der Waals surface area contributed by atoms with Crippen LogP contribution in [0.15, 0.2) is 66.7 Å². The first-order valence-electron chi connectivity index (χ1n) is 13.7. The monoisotopic (exact) mass is 544 g/mol. The lowest BCUT2D eigenvalue weighted by atomic mass is 9.92. The molecule has 0 spiro atoms. The predicted octanol–water partition coefficient (Wildman–Crippen LogP) is 5.14. The first-order chi connectivity index (χ1) is 19.5. The molecule has 3 aromatic carbocycles. The first kappa shape index (κ1) is 26.2. The Morgan fingerprint density at radius 2 is 1.75 bits per heavy atom. The summed E-state index contributed by atoms with van der Waals surface area (Å²) in [6, 6.07) is 18.7. The summed E-state index contributed by atoms with van der Waals surface area (Å²) in [5, 5.41) is 1.06. The van der Waals surface area contributed by atoms with E-state index >= 15 is 0 Å². The van der Waals surface area contributed by atoms with Gasteiger partial charge in [-0.15, -0.1) is 0 Å². The number of ether oxygens (including phenoxy) is 3. The molecule has 0 radical (unpaired) electrons. The number of benzene rings is 3. The third-order valence-corrected chi connectivity index (χ3v) is 7.59. The fourth-order valence-electron chi connectivity index (χ4n) is 5.56. The summed E-state index contributed by atoms with van der Waals surface area (Å²) in [4.78, 5) is 21.1. The van der Waals surface area contributed by atoms with Crippen LogP contribution < -0.4 is 15.2 Å². The quantitative estimate of drug-likeness (QED) is 0.247. The van der Waals surface area contributed by atoms with Crippen molar-refractivity contribution in [3.8, 4) is 11.5 Å². The van der Waals surface area contributed by atoms with Crippen LogP contribution in [0.4, 0.5) is 14.9 Å². The van der Waals surface area contributed by atoms with E-state index in [9.17, 15) is 9.18 Å². The highest BCUT2D eigenvalue weighted by molar-refractivity contribution is 5.88. The van der Waals surface area contributed by atoms with Gasteiger partial charge in [-0.05, 0) is 78.6 Å². The van der Waals surface area contributed by atoms with Crippen molar-refractivity contribution >= 4 is 22.7 Å². The first-order valence-corrected chi connectivity index (χ1v) is 13.7. The number of hydrogen-bond donors (Lipinski definition) is 2. The summed E-state index contributed by atoms with van der Waals surface area (Å²) < 4.78 is 30.5. The Bertz CT molecular complexity index is 1470. The molecule has 208 valence electrons. The molecule has 1 saturated heterocycles. The number of halogens is 1. The number of carbonyl (C=O) groups is 1. The maximum absolute atomic E-state index is 13.4. The van der Waals surface area contributed by atoms with Crippen molar-refractivity contribution in [1.29, 1.82) is 0 Å². The minimum Gasteiger partial charge on any atom is -0.494 e. The fraction of sp³-hybridized carbons (Fsp3) is 0.323. The molecule has 1 atom stereocenters. The van der Waals surface area contributed by atoms with Crippen molar-refractivity contribution in [3.63, 3.8) is 0 Å². The number of aromatic nitrogens is 1. The number of nitrogens with zero attached hydrogens (tertiary/aromatic N) is 2. The molecular weight excluding hydrogens is 511 g/mol. The summed E-state index contributed by atoms with van der Waals surface area (Å²) in [5.41, 5.74) is 10.8. The molecule has 3 N–H and O–H groups in total. The van der Waals surface area contributed by atoms with E-state index in [2.05, 4.69) is 9.88 Å². The Morgan fingerprint density at radius 3 is 2.52 bits per heavy atom. The van der Waals surface area contributed by atoms with E-state index in [4.69, 9.17) is 19.9 Å². The highest BCUT2D eigenvalue weighted by Gasteiger charge is 2.35. The molecule has 1 amide bonds. The number of amides is 1. The molecule has 0 aliphatic carbocycles. The zero-order valence-corrected chi connectivity index (χ0v) is 22.3. The number of carbonyl (C=O) groups excluding carboxylic acids is 1. The molecule has 2 aliphatic heterocycles. The number of rotatable bonds is 7. The largest absolute Gasteiger partial charge is 0.494 e. The second-order valence-corrected chi connectivity index (χ2v) is 10.2. The summed E-state index contributed by atoms with van der Waals surface area (Å²) in [7, 11) is 0. The van der Waals surface area contributed by atoms with Crippen LogP contribution >= 0.6 is 0 Å². The van der Waals surface area contributed by atoms with E-state index < -0.39 is 12.1 Å². The number of nitrogen functional groups attached to an aromatic ring is 1. The van der Waals surface area contributed by atoms with Crippen molar-refractivity contribution in [1.82, 2.24) is 14.8 Å². The lowest BCUT2D eigenvalue weighted by Gasteiger charge is -2.35. The van der Waals surface area contributed by atoms with Gasteiger partial charge in [-0.25, -0.2) is 9.18 Å². The Balaban J connectivity index is 1.22. The Kier molecular flexibility index (Phi) is 7.57. The van der Waals surface area contributed by atoms with Gasteiger partial charge in [-0.1, -0.05) is 12.1 Å². The van der Waals surface area contributed by atoms with Crippen LogP contribution in [0.2, 0.25) is 0 Å². The molecule has 0 saturated carbocycles. The van der Waals surface area contributed by atoms with E-state index in [-0.39, 0.29) is 5.82 Å². The molecule has 3 heterocycles.